The van der Waals surface area contributed by atoms with Crippen LogP contribution in [-0.4, -0.2) is 41.7 Å². The van der Waals surface area contributed by atoms with E-state index in [1.807, 2.05) is 23.1 Å². The van der Waals surface area contributed by atoms with Gasteiger partial charge in [0.15, 0.2) is 0 Å². The van der Waals surface area contributed by atoms with Crippen molar-refractivity contribution < 1.29 is 14.6 Å². The summed E-state index contributed by atoms with van der Waals surface area (Å²) >= 11 is 5.98. The van der Waals surface area contributed by atoms with E-state index >= 15 is 0 Å². The van der Waals surface area contributed by atoms with E-state index in [0.717, 1.165) is 24.3 Å². The van der Waals surface area contributed by atoms with E-state index in [1.165, 1.54) is 12.8 Å². The van der Waals surface area contributed by atoms with Gasteiger partial charge in [-0.2, -0.15) is 0 Å². The number of nitrogens with zero attached hydrogens (tertiary/aromatic N) is 1. The summed E-state index contributed by atoms with van der Waals surface area (Å²) in [6.07, 6.45) is 3.27. The minimum atomic E-state index is -0.774. The quantitative estimate of drug-likeness (QED) is 0.876. The van der Waals surface area contributed by atoms with Crippen LogP contribution in [0.5, 0.6) is 5.75 Å². The number of halogens is 1. The van der Waals surface area contributed by atoms with Crippen LogP contribution < -0.4 is 4.74 Å². The largest absolute Gasteiger partial charge is 0.488 e. The summed E-state index contributed by atoms with van der Waals surface area (Å²) in [4.78, 5) is 12.9. The van der Waals surface area contributed by atoms with Crippen molar-refractivity contribution >= 4 is 17.6 Å². The summed E-state index contributed by atoms with van der Waals surface area (Å²) < 4.78 is 5.88. The van der Waals surface area contributed by atoms with Gasteiger partial charge in [0.1, 0.15) is 11.9 Å². The van der Waals surface area contributed by atoms with Gasteiger partial charge in [-0.15, -0.1) is 0 Å². The number of carbonyl (C=O) groups is 1. The maximum atomic E-state index is 10.9. The third-order valence-electron chi connectivity index (χ3n) is 3.80. The van der Waals surface area contributed by atoms with Crippen molar-refractivity contribution in [2.75, 3.05) is 19.6 Å². The fraction of sp³-hybridized carbons (Fsp3) is 0.533. The Morgan fingerprint density at radius 2 is 2.20 bits per heavy atom. The van der Waals surface area contributed by atoms with Crippen LogP contribution in [0.15, 0.2) is 18.2 Å². The molecule has 0 radical (unpaired) electrons. The highest BCUT2D eigenvalue weighted by Crippen LogP contribution is 2.33. The van der Waals surface area contributed by atoms with Gasteiger partial charge >= 0.3 is 5.97 Å². The van der Waals surface area contributed by atoms with Gasteiger partial charge in [0.2, 0.25) is 0 Å². The fourth-order valence-corrected chi connectivity index (χ4v) is 2.93. The molecule has 20 heavy (non-hydrogen) atoms. The molecule has 3 rings (SSSR count). The third-order valence-corrected chi connectivity index (χ3v) is 4.03. The molecular formula is C15H18ClNO3. The van der Waals surface area contributed by atoms with Gasteiger partial charge in [-0.1, -0.05) is 11.6 Å². The van der Waals surface area contributed by atoms with Crippen LogP contribution in [0.4, 0.5) is 0 Å². The number of hydrogen-bond donors (Lipinski definition) is 1. The number of benzene rings is 1. The Hall–Kier alpha value is -1.26. The Morgan fingerprint density at radius 3 is 2.90 bits per heavy atom. The van der Waals surface area contributed by atoms with Gasteiger partial charge in [0, 0.05) is 24.5 Å². The lowest BCUT2D eigenvalue weighted by molar-refractivity contribution is -0.138. The molecule has 0 aromatic heterocycles. The molecule has 1 unspecified atom stereocenters. The zero-order chi connectivity index (χ0) is 14.1. The lowest BCUT2D eigenvalue weighted by Gasteiger charge is -2.23. The predicted molar refractivity (Wildman–Crippen MR) is 76.4 cm³/mol. The van der Waals surface area contributed by atoms with Gasteiger partial charge < -0.3 is 9.84 Å². The highest BCUT2D eigenvalue weighted by atomic mass is 35.5. The monoisotopic (exact) mass is 295 g/mol. The molecule has 1 aromatic carbocycles. The number of aliphatic carboxylic acids is 1. The van der Waals surface area contributed by atoms with Crippen LogP contribution in [0.25, 0.3) is 0 Å². The zero-order valence-electron chi connectivity index (χ0n) is 11.2. The average molecular weight is 296 g/mol. The van der Waals surface area contributed by atoms with Crippen LogP contribution in [-0.2, 0) is 11.2 Å². The topological polar surface area (TPSA) is 49.8 Å². The minimum Gasteiger partial charge on any atom is -0.488 e. The molecule has 0 saturated heterocycles. The molecule has 1 saturated carbocycles. The summed E-state index contributed by atoms with van der Waals surface area (Å²) in [6.45, 7) is 1.62. The van der Waals surface area contributed by atoms with E-state index in [9.17, 15) is 4.79 Å². The van der Waals surface area contributed by atoms with Crippen molar-refractivity contribution in [2.24, 2.45) is 5.92 Å². The molecule has 1 aromatic rings. The lowest BCUT2D eigenvalue weighted by atomic mass is 10.1. The molecule has 108 valence electrons. The average Bonchev–Trinajstić information content (AvgIpc) is 3.07. The molecule has 0 spiro atoms. The van der Waals surface area contributed by atoms with Crippen molar-refractivity contribution in [2.45, 2.75) is 25.4 Å². The van der Waals surface area contributed by atoms with Crippen molar-refractivity contribution in [3.63, 3.8) is 0 Å². The van der Waals surface area contributed by atoms with E-state index in [1.54, 1.807) is 0 Å². The Balaban J connectivity index is 1.60. The Morgan fingerprint density at radius 1 is 1.40 bits per heavy atom. The molecule has 0 bridgehead atoms. The van der Waals surface area contributed by atoms with Crippen molar-refractivity contribution in [1.82, 2.24) is 4.90 Å². The van der Waals surface area contributed by atoms with E-state index in [-0.39, 0.29) is 12.6 Å². The predicted octanol–water partition coefficient (Wildman–Crippen LogP) is 2.44. The molecule has 1 atom stereocenters. The molecule has 1 aliphatic heterocycles. The number of rotatable bonds is 6. The standard InChI is InChI=1S/C15H18ClNO3/c16-12-3-4-14-11(5-12)6-13(20-14)8-17(9-15(18)19)7-10-1-2-10/h3-5,10,13H,1-2,6-9H2,(H,18,19). The first-order valence-corrected chi connectivity index (χ1v) is 7.37. The highest BCUT2D eigenvalue weighted by molar-refractivity contribution is 6.30. The first-order valence-electron chi connectivity index (χ1n) is 6.99. The Kier molecular flexibility index (Phi) is 3.85. The summed E-state index contributed by atoms with van der Waals surface area (Å²) in [5.41, 5.74) is 1.11. The Bertz CT molecular complexity index is 516. The molecule has 0 amide bonds. The van der Waals surface area contributed by atoms with Gasteiger partial charge in [-0.3, -0.25) is 9.69 Å². The third kappa shape index (κ3) is 3.44. The lowest BCUT2D eigenvalue weighted by Crippen LogP contribution is -2.39. The van der Waals surface area contributed by atoms with Crippen LogP contribution in [0, 0.1) is 5.92 Å². The number of fused-ring (bicyclic) bond motifs is 1. The number of carboxylic acid groups (broad SMARTS) is 1. The Labute approximate surface area is 123 Å². The maximum Gasteiger partial charge on any atom is 0.317 e. The first-order chi connectivity index (χ1) is 9.60. The van der Waals surface area contributed by atoms with Crippen molar-refractivity contribution in [3.05, 3.63) is 28.8 Å². The summed E-state index contributed by atoms with van der Waals surface area (Å²) in [5, 5.41) is 9.72. The summed E-state index contributed by atoms with van der Waals surface area (Å²) in [5.74, 6) is 0.776. The van der Waals surface area contributed by atoms with Crippen LogP contribution in [0.2, 0.25) is 5.02 Å². The van der Waals surface area contributed by atoms with Gasteiger partial charge in [0.25, 0.3) is 0 Å². The van der Waals surface area contributed by atoms with Crippen LogP contribution in [0.3, 0.4) is 0 Å². The van der Waals surface area contributed by atoms with Crippen molar-refractivity contribution in [3.8, 4) is 5.75 Å². The fourth-order valence-electron chi connectivity index (χ4n) is 2.74. The second kappa shape index (κ2) is 5.62. The second-order valence-corrected chi connectivity index (χ2v) is 6.16. The van der Waals surface area contributed by atoms with E-state index in [2.05, 4.69) is 0 Å². The molecule has 5 heteroatoms. The zero-order valence-corrected chi connectivity index (χ0v) is 12.0. The maximum absolute atomic E-state index is 10.9. The molecular weight excluding hydrogens is 278 g/mol. The van der Waals surface area contributed by atoms with Gasteiger partial charge in [0.05, 0.1) is 6.54 Å². The molecule has 1 N–H and O–H groups in total. The second-order valence-electron chi connectivity index (χ2n) is 5.73. The minimum absolute atomic E-state index is 0.0292. The molecule has 1 fully saturated rings. The van der Waals surface area contributed by atoms with Crippen LogP contribution >= 0.6 is 11.6 Å². The molecule has 2 aliphatic rings. The summed E-state index contributed by atoms with van der Waals surface area (Å²) in [7, 11) is 0. The molecule has 1 heterocycles. The number of ether oxygens (including phenoxy) is 1. The van der Waals surface area contributed by atoms with E-state index < -0.39 is 5.97 Å². The van der Waals surface area contributed by atoms with E-state index in [4.69, 9.17) is 21.4 Å². The SMILES string of the molecule is O=C(O)CN(CC1CC1)CC1Cc2cc(Cl)ccc2O1. The number of carboxylic acids is 1. The number of hydrogen-bond acceptors (Lipinski definition) is 3. The molecule has 4 nitrogen and oxygen atoms in total. The van der Waals surface area contributed by atoms with Crippen LogP contribution in [0.1, 0.15) is 18.4 Å². The van der Waals surface area contributed by atoms with E-state index in [0.29, 0.717) is 17.5 Å². The van der Waals surface area contributed by atoms with Gasteiger partial charge in [-0.25, -0.2) is 0 Å². The highest BCUT2D eigenvalue weighted by Gasteiger charge is 2.29. The van der Waals surface area contributed by atoms with Crippen molar-refractivity contribution in [1.29, 1.82) is 0 Å². The molecule has 1 aliphatic carbocycles. The van der Waals surface area contributed by atoms with Gasteiger partial charge in [-0.05, 0) is 42.5 Å². The summed E-state index contributed by atoms with van der Waals surface area (Å²) in [6, 6.07) is 5.64. The normalized spacial score (nSPS) is 20.8. The smallest absolute Gasteiger partial charge is 0.317 e. The first kappa shape index (κ1) is 13.7.